The van der Waals surface area contributed by atoms with Crippen LogP contribution in [0.5, 0.6) is 0 Å². The Morgan fingerprint density at radius 3 is 2.48 bits per heavy atom. The molecule has 0 fully saturated rings. The molecule has 130 valence electrons. The molecule has 0 saturated heterocycles. The highest BCUT2D eigenvalue weighted by molar-refractivity contribution is 5.56. The number of hydrogen-bond acceptors (Lipinski definition) is 2. The summed E-state index contributed by atoms with van der Waals surface area (Å²) in [5.41, 5.74) is 1.81. The van der Waals surface area contributed by atoms with Crippen molar-refractivity contribution in [3.8, 4) is 6.07 Å². The lowest BCUT2D eigenvalue weighted by Crippen LogP contribution is -2.20. The summed E-state index contributed by atoms with van der Waals surface area (Å²) in [6.45, 7) is 7.06. The highest BCUT2D eigenvalue weighted by Gasteiger charge is 2.26. The van der Waals surface area contributed by atoms with Gasteiger partial charge in [0.2, 0.25) is 0 Å². The van der Waals surface area contributed by atoms with E-state index in [0.717, 1.165) is 11.3 Å². The van der Waals surface area contributed by atoms with Crippen molar-refractivity contribution in [2.24, 2.45) is 0 Å². The largest absolute Gasteiger partial charge is 0.389 e. The molecule has 0 heterocycles. The average Bonchev–Trinajstić information content (AvgIpc) is 2.57. The zero-order chi connectivity index (χ0) is 18.7. The molecule has 0 bridgehead atoms. The molecule has 0 aliphatic carbocycles. The summed E-state index contributed by atoms with van der Waals surface area (Å²) in [7, 11) is 1.76. The van der Waals surface area contributed by atoms with Crippen LogP contribution in [0.1, 0.15) is 18.4 Å². The number of nitriles is 1. The second-order valence-corrected chi connectivity index (χ2v) is 5.25. The molecule has 0 amide bonds. The fourth-order valence-electron chi connectivity index (χ4n) is 1.96. The van der Waals surface area contributed by atoms with E-state index in [9.17, 15) is 13.2 Å². The van der Waals surface area contributed by atoms with Gasteiger partial charge in [-0.05, 0) is 30.2 Å². The summed E-state index contributed by atoms with van der Waals surface area (Å²) in [6, 6.07) is 9.21. The fourth-order valence-corrected chi connectivity index (χ4v) is 1.96. The predicted molar refractivity (Wildman–Crippen MR) is 93.5 cm³/mol. The van der Waals surface area contributed by atoms with Gasteiger partial charge < -0.3 is 4.90 Å². The maximum atomic E-state index is 12.2. The van der Waals surface area contributed by atoms with Gasteiger partial charge in [0.1, 0.15) is 0 Å². The van der Waals surface area contributed by atoms with Crippen LogP contribution in [0.3, 0.4) is 0 Å². The molecule has 0 aliphatic heterocycles. The minimum absolute atomic E-state index is 0.0163. The van der Waals surface area contributed by atoms with Gasteiger partial charge in [-0.3, -0.25) is 0 Å². The topological polar surface area (TPSA) is 31.4 Å². The first-order chi connectivity index (χ1) is 11.9. The van der Waals surface area contributed by atoms with Crippen molar-refractivity contribution >= 4 is 11.8 Å². The van der Waals surface area contributed by atoms with E-state index in [0.29, 0.717) is 6.54 Å². The number of benzene rings is 1. The molecule has 0 saturated carbocycles. The van der Waals surface area contributed by atoms with Crippen molar-refractivity contribution < 1.29 is 13.2 Å². The maximum absolute atomic E-state index is 12.2. The Bertz CT molecular complexity index is 698. The van der Waals surface area contributed by atoms with E-state index in [1.54, 1.807) is 36.2 Å². The van der Waals surface area contributed by atoms with Crippen molar-refractivity contribution in [2.75, 3.05) is 18.5 Å². The molecule has 6 heteroatoms. The smallest absolute Gasteiger partial charge is 0.375 e. The standard InChI is InChI=1S/C19H18F3N3/c1-24-17(15-23)8-5-3-4-7-16-9-11-18(12-10-16)25(2)14-6-13-19(20,21)22/h3-5,7-12H,6,13-14H2,2H3/b5-3+,7-4+,17-8-. The van der Waals surface area contributed by atoms with E-state index in [2.05, 4.69) is 4.85 Å². The molecule has 0 atom stereocenters. The molecular formula is C19H18F3N3. The van der Waals surface area contributed by atoms with E-state index < -0.39 is 12.6 Å². The summed E-state index contributed by atoms with van der Waals surface area (Å²) < 4.78 is 36.5. The first kappa shape index (κ1) is 20.1. The molecule has 0 aliphatic rings. The Kier molecular flexibility index (Phi) is 8.02. The van der Waals surface area contributed by atoms with Gasteiger partial charge in [0, 0.05) is 25.7 Å². The van der Waals surface area contributed by atoms with E-state index in [1.807, 2.05) is 30.3 Å². The number of anilines is 1. The van der Waals surface area contributed by atoms with Gasteiger partial charge in [0.05, 0.1) is 12.6 Å². The summed E-state index contributed by atoms with van der Waals surface area (Å²) in [5.74, 6) is 0. The molecule has 0 aromatic heterocycles. The van der Waals surface area contributed by atoms with Crippen molar-refractivity contribution in [3.05, 3.63) is 71.2 Å². The molecule has 1 aromatic carbocycles. The summed E-state index contributed by atoms with van der Waals surface area (Å²) >= 11 is 0. The number of hydrogen-bond donors (Lipinski definition) is 0. The first-order valence-corrected chi connectivity index (χ1v) is 7.56. The first-order valence-electron chi connectivity index (χ1n) is 7.56. The quantitative estimate of drug-likeness (QED) is 0.378. The number of halogens is 3. The third-order valence-electron chi connectivity index (χ3n) is 3.29. The molecule has 1 rings (SSSR count). The van der Waals surface area contributed by atoms with Gasteiger partial charge in [0.25, 0.3) is 5.70 Å². The summed E-state index contributed by atoms with van der Waals surface area (Å²) in [4.78, 5) is 4.82. The van der Waals surface area contributed by atoms with Crippen LogP contribution >= 0.6 is 0 Å². The Hall–Kier alpha value is -2.99. The number of nitrogens with zero attached hydrogens (tertiary/aromatic N) is 3. The molecule has 0 spiro atoms. The Morgan fingerprint density at radius 2 is 1.92 bits per heavy atom. The van der Waals surface area contributed by atoms with Crippen LogP contribution in [0.2, 0.25) is 0 Å². The molecule has 0 unspecified atom stereocenters. The third-order valence-corrected chi connectivity index (χ3v) is 3.29. The lowest BCUT2D eigenvalue weighted by Gasteiger charge is -2.19. The van der Waals surface area contributed by atoms with Gasteiger partial charge in [-0.15, -0.1) is 0 Å². The SMILES string of the molecule is [C-]#[N+]\C(C#N)=C/C=C/C=C/c1ccc(N(C)CCCC(F)(F)F)cc1. The number of allylic oxidation sites excluding steroid dienone is 5. The molecule has 3 nitrogen and oxygen atoms in total. The van der Waals surface area contributed by atoms with E-state index in [4.69, 9.17) is 11.8 Å². The van der Waals surface area contributed by atoms with Crippen molar-refractivity contribution in [1.29, 1.82) is 5.26 Å². The van der Waals surface area contributed by atoms with Gasteiger partial charge in [-0.1, -0.05) is 36.4 Å². The van der Waals surface area contributed by atoms with E-state index in [1.165, 1.54) is 6.08 Å². The Morgan fingerprint density at radius 1 is 1.24 bits per heavy atom. The lowest BCUT2D eigenvalue weighted by molar-refractivity contribution is -0.135. The van der Waals surface area contributed by atoms with Crippen molar-refractivity contribution in [2.45, 2.75) is 19.0 Å². The highest BCUT2D eigenvalue weighted by Crippen LogP contribution is 2.22. The zero-order valence-electron chi connectivity index (χ0n) is 13.8. The van der Waals surface area contributed by atoms with Gasteiger partial charge in [-0.25, -0.2) is 10.1 Å². The van der Waals surface area contributed by atoms with Gasteiger partial charge in [0.15, 0.2) is 0 Å². The zero-order valence-corrected chi connectivity index (χ0v) is 13.8. The predicted octanol–water partition coefficient (Wildman–Crippen LogP) is 5.36. The summed E-state index contributed by atoms with van der Waals surface area (Å²) in [5, 5.41) is 8.58. The lowest BCUT2D eigenvalue weighted by atomic mass is 10.1. The summed E-state index contributed by atoms with van der Waals surface area (Å²) in [6.07, 6.45) is 3.54. The van der Waals surface area contributed by atoms with Crippen LogP contribution in [-0.2, 0) is 0 Å². The van der Waals surface area contributed by atoms with Crippen LogP contribution in [0.4, 0.5) is 18.9 Å². The Balaban J connectivity index is 2.55. The molecule has 0 N–H and O–H groups in total. The number of rotatable bonds is 7. The molecule has 25 heavy (non-hydrogen) atoms. The van der Waals surface area contributed by atoms with Crippen LogP contribution < -0.4 is 4.90 Å². The van der Waals surface area contributed by atoms with Crippen LogP contribution in [0, 0.1) is 17.9 Å². The second kappa shape index (κ2) is 10.00. The fraction of sp³-hybridized carbons (Fsp3) is 0.263. The van der Waals surface area contributed by atoms with E-state index in [-0.39, 0.29) is 12.1 Å². The maximum Gasteiger partial charge on any atom is 0.389 e. The minimum Gasteiger partial charge on any atom is -0.375 e. The van der Waals surface area contributed by atoms with Crippen LogP contribution in [0.25, 0.3) is 10.9 Å². The highest BCUT2D eigenvalue weighted by atomic mass is 19.4. The normalized spacial score (nSPS) is 12.3. The van der Waals surface area contributed by atoms with Crippen LogP contribution in [-0.4, -0.2) is 19.8 Å². The Labute approximate surface area is 145 Å². The van der Waals surface area contributed by atoms with Crippen molar-refractivity contribution in [3.63, 3.8) is 0 Å². The van der Waals surface area contributed by atoms with Crippen molar-refractivity contribution in [1.82, 2.24) is 0 Å². The molecular weight excluding hydrogens is 327 g/mol. The van der Waals surface area contributed by atoms with Crippen LogP contribution in [0.15, 0.2) is 54.3 Å². The van der Waals surface area contributed by atoms with Gasteiger partial charge >= 0.3 is 6.18 Å². The number of alkyl halides is 3. The van der Waals surface area contributed by atoms with Gasteiger partial charge in [-0.2, -0.15) is 13.2 Å². The monoisotopic (exact) mass is 345 g/mol. The third kappa shape index (κ3) is 8.43. The van der Waals surface area contributed by atoms with E-state index >= 15 is 0 Å². The molecule has 1 aromatic rings. The molecule has 0 radical (unpaired) electrons. The minimum atomic E-state index is -4.11. The average molecular weight is 345 g/mol. The second-order valence-electron chi connectivity index (χ2n) is 5.25.